The topological polar surface area (TPSA) is 91.1 Å². The van der Waals surface area contributed by atoms with Gasteiger partial charge in [-0.05, 0) is 92.7 Å². The van der Waals surface area contributed by atoms with Gasteiger partial charge in [0.15, 0.2) is 16.4 Å². The number of anilines is 1. The van der Waals surface area contributed by atoms with Crippen molar-refractivity contribution >= 4 is 54.6 Å². The van der Waals surface area contributed by atoms with Crippen LogP contribution in [0.1, 0.15) is 24.0 Å². The predicted molar refractivity (Wildman–Crippen MR) is 148 cm³/mol. The zero-order valence-corrected chi connectivity index (χ0v) is 24.4. The third kappa shape index (κ3) is 7.52. The van der Waals surface area contributed by atoms with Crippen LogP contribution in [0, 0.1) is 0 Å². The van der Waals surface area contributed by atoms with Gasteiger partial charge in [-0.25, -0.2) is 0 Å². The molecule has 10 heteroatoms. The molecule has 1 aliphatic heterocycles. The Morgan fingerprint density at radius 3 is 2.29 bits per heavy atom. The Morgan fingerprint density at radius 2 is 1.66 bits per heavy atom. The number of hydrogen-bond donors (Lipinski definition) is 1. The fraction of sp³-hybridized carbons (Fsp3) is 0.480. The monoisotopic (exact) mass is 629 g/mol. The third-order valence-corrected chi connectivity index (χ3v) is 8.94. The lowest BCUT2D eigenvalue weighted by Crippen LogP contribution is -2.35. The van der Waals surface area contributed by atoms with Crippen molar-refractivity contribution in [2.75, 3.05) is 58.9 Å². The number of nitrogens with two attached hydrogens (primary N) is 1. The van der Waals surface area contributed by atoms with E-state index in [1.54, 1.807) is 14.2 Å². The van der Waals surface area contributed by atoms with Crippen LogP contribution in [-0.4, -0.2) is 73.5 Å². The number of ether oxygens (including phenoxy) is 2. The van der Waals surface area contributed by atoms with Crippen molar-refractivity contribution in [3.63, 3.8) is 0 Å². The van der Waals surface area contributed by atoms with Crippen LogP contribution in [0.15, 0.2) is 38.1 Å². The minimum absolute atomic E-state index is 0.148. The van der Waals surface area contributed by atoms with Gasteiger partial charge in [0.05, 0.1) is 26.3 Å². The van der Waals surface area contributed by atoms with Crippen molar-refractivity contribution in [2.45, 2.75) is 30.6 Å². The Kier molecular flexibility index (Phi) is 10.6. The number of methoxy groups -OCH3 is 2. The van der Waals surface area contributed by atoms with Gasteiger partial charge >= 0.3 is 0 Å². The maximum atomic E-state index is 12.8. The van der Waals surface area contributed by atoms with Crippen LogP contribution in [0.3, 0.4) is 0 Å². The molecule has 192 valence electrons. The van der Waals surface area contributed by atoms with Crippen molar-refractivity contribution in [3.05, 3.63) is 44.3 Å². The maximum absolute atomic E-state index is 12.8. The molecule has 0 spiro atoms. The summed E-state index contributed by atoms with van der Waals surface area (Å²) < 4.78 is 25.0. The lowest BCUT2D eigenvalue weighted by molar-refractivity contribution is -0.130. The van der Waals surface area contributed by atoms with E-state index in [-0.39, 0.29) is 5.91 Å². The number of hydrogen-bond acceptors (Lipinski definition) is 6. The summed E-state index contributed by atoms with van der Waals surface area (Å²) in [6.07, 6.45) is 2.91. The van der Waals surface area contributed by atoms with Crippen LogP contribution < -0.4 is 15.2 Å². The first kappa shape index (κ1) is 28.1. The maximum Gasteiger partial charge on any atom is 0.227 e. The molecule has 0 radical (unpaired) electrons. The van der Waals surface area contributed by atoms with Gasteiger partial charge in [-0.2, -0.15) is 0 Å². The normalized spacial score (nSPS) is 14.6. The molecule has 3 rings (SSSR count). The van der Waals surface area contributed by atoms with E-state index in [0.29, 0.717) is 35.9 Å². The van der Waals surface area contributed by atoms with E-state index in [0.717, 1.165) is 63.9 Å². The van der Waals surface area contributed by atoms with Gasteiger partial charge in [0.1, 0.15) is 5.75 Å². The molecule has 0 bridgehead atoms. The number of rotatable bonds is 11. The number of benzene rings is 2. The van der Waals surface area contributed by atoms with Crippen molar-refractivity contribution in [1.82, 2.24) is 9.80 Å². The largest absolute Gasteiger partial charge is 0.611 e. The standard InChI is InChI=1S/C25H33Br2N3O4S/c1-29(8-5-11-35(32)19-15-20(26)25(28)21(27)16-19)7-4-9-30-10-6-17-12-22(33-2)23(34-3)13-18(17)14-24(30)31/h12-13,15-16H,4-11,14,28H2,1-3H3. The lowest BCUT2D eigenvalue weighted by Gasteiger charge is -2.23. The number of carbonyl (C=O) groups excluding carboxylic acids is 1. The van der Waals surface area contributed by atoms with Crippen molar-refractivity contribution in [3.8, 4) is 11.5 Å². The van der Waals surface area contributed by atoms with Gasteiger partial charge in [0.2, 0.25) is 5.91 Å². The number of nitrogen functional groups attached to an aromatic ring is 1. The minimum atomic E-state index is -1.08. The SMILES string of the molecule is COc1cc2c(cc1OC)CC(=O)N(CCCN(C)CCC[S+]([O-])c1cc(Br)c(N)c(Br)c1)CC2. The Hall–Kier alpha value is -1.46. The second-order valence-electron chi connectivity index (χ2n) is 8.64. The number of amides is 1. The van der Waals surface area contributed by atoms with Crippen LogP contribution in [0.25, 0.3) is 0 Å². The molecule has 0 aromatic heterocycles. The Morgan fingerprint density at radius 1 is 1.06 bits per heavy atom. The predicted octanol–water partition coefficient (Wildman–Crippen LogP) is 4.26. The summed E-state index contributed by atoms with van der Waals surface area (Å²) in [5.74, 6) is 2.09. The smallest absolute Gasteiger partial charge is 0.227 e. The van der Waals surface area contributed by atoms with E-state index < -0.39 is 11.2 Å². The highest BCUT2D eigenvalue weighted by molar-refractivity contribution is 9.11. The second-order valence-corrected chi connectivity index (χ2v) is 11.9. The molecule has 1 unspecified atom stereocenters. The molecule has 2 N–H and O–H groups in total. The average Bonchev–Trinajstić information content (AvgIpc) is 2.98. The summed E-state index contributed by atoms with van der Waals surface area (Å²) in [7, 11) is 5.31. The average molecular weight is 631 g/mol. The quantitative estimate of drug-likeness (QED) is 0.295. The zero-order chi connectivity index (χ0) is 25.5. The highest BCUT2D eigenvalue weighted by Gasteiger charge is 2.22. The molecule has 0 aliphatic carbocycles. The fourth-order valence-corrected chi connectivity index (χ4v) is 6.79. The summed E-state index contributed by atoms with van der Waals surface area (Å²) in [5, 5.41) is 0. The van der Waals surface area contributed by atoms with E-state index in [2.05, 4.69) is 43.8 Å². The summed E-state index contributed by atoms with van der Waals surface area (Å²) in [4.78, 5) is 17.8. The second kappa shape index (κ2) is 13.2. The summed E-state index contributed by atoms with van der Waals surface area (Å²) in [6.45, 7) is 3.16. The van der Waals surface area contributed by atoms with Crippen molar-refractivity contribution in [1.29, 1.82) is 0 Å². The van der Waals surface area contributed by atoms with Gasteiger partial charge in [0.25, 0.3) is 0 Å². The summed E-state index contributed by atoms with van der Waals surface area (Å²) in [5.41, 5.74) is 8.68. The molecule has 1 atom stereocenters. The first-order chi connectivity index (χ1) is 16.7. The third-order valence-electron chi connectivity index (χ3n) is 6.20. The van der Waals surface area contributed by atoms with Crippen LogP contribution in [0.4, 0.5) is 5.69 Å². The molecule has 2 aromatic carbocycles. The van der Waals surface area contributed by atoms with Crippen LogP contribution in [-0.2, 0) is 28.8 Å². The number of fused-ring (bicyclic) bond motifs is 1. The highest BCUT2D eigenvalue weighted by atomic mass is 79.9. The number of halogens is 2. The molecule has 1 heterocycles. The molecule has 35 heavy (non-hydrogen) atoms. The van der Waals surface area contributed by atoms with E-state index in [1.165, 1.54) is 0 Å². The van der Waals surface area contributed by atoms with E-state index in [4.69, 9.17) is 15.2 Å². The Balaban J connectivity index is 1.42. The molecule has 0 saturated heterocycles. The van der Waals surface area contributed by atoms with E-state index >= 15 is 0 Å². The van der Waals surface area contributed by atoms with E-state index in [9.17, 15) is 9.35 Å². The van der Waals surface area contributed by atoms with E-state index in [1.807, 2.05) is 29.2 Å². The molecule has 7 nitrogen and oxygen atoms in total. The van der Waals surface area contributed by atoms with Gasteiger partial charge in [-0.15, -0.1) is 0 Å². The van der Waals surface area contributed by atoms with Crippen molar-refractivity contribution in [2.24, 2.45) is 0 Å². The van der Waals surface area contributed by atoms with Crippen molar-refractivity contribution < 1.29 is 18.8 Å². The molecule has 1 amide bonds. The molecule has 2 aromatic rings. The number of nitrogens with zero attached hydrogens (tertiary/aromatic N) is 2. The van der Waals surface area contributed by atoms with Gasteiger partial charge in [-0.3, -0.25) is 4.79 Å². The highest BCUT2D eigenvalue weighted by Crippen LogP contribution is 2.33. The lowest BCUT2D eigenvalue weighted by atomic mass is 10.0. The number of carbonyl (C=O) groups is 1. The van der Waals surface area contributed by atoms with Crippen LogP contribution >= 0.6 is 31.9 Å². The summed E-state index contributed by atoms with van der Waals surface area (Å²) >= 11 is 5.74. The molecule has 0 fully saturated rings. The molecule has 0 saturated carbocycles. The van der Waals surface area contributed by atoms with Gasteiger partial charge in [-0.1, -0.05) is 0 Å². The fourth-order valence-electron chi connectivity index (χ4n) is 4.17. The first-order valence-corrected chi connectivity index (χ1v) is 14.5. The zero-order valence-electron chi connectivity index (χ0n) is 20.4. The van der Waals surface area contributed by atoms with Crippen LogP contribution in [0.5, 0.6) is 11.5 Å². The molecular formula is C25H33Br2N3O4S. The first-order valence-electron chi connectivity index (χ1n) is 11.6. The Bertz CT molecular complexity index is 1020. The van der Waals surface area contributed by atoms with Gasteiger partial charge < -0.3 is 29.6 Å². The molecule has 1 aliphatic rings. The van der Waals surface area contributed by atoms with Crippen LogP contribution in [0.2, 0.25) is 0 Å². The minimum Gasteiger partial charge on any atom is -0.611 e. The Labute approximate surface area is 227 Å². The van der Waals surface area contributed by atoms with Gasteiger partial charge in [0, 0.05) is 47.1 Å². The molecular weight excluding hydrogens is 598 g/mol. The summed E-state index contributed by atoms with van der Waals surface area (Å²) in [6, 6.07) is 7.56.